The number of benzene rings is 1. The number of methoxy groups -OCH3 is 1. The first-order chi connectivity index (χ1) is 10.6. The fourth-order valence-corrected chi connectivity index (χ4v) is 2.18. The molecule has 120 valence electrons. The molecule has 2 rings (SSSR count). The quantitative estimate of drug-likeness (QED) is 0.437. The van der Waals surface area contributed by atoms with Crippen molar-refractivity contribution >= 4 is 11.7 Å². The number of hydrogen-bond acceptors (Lipinski definition) is 7. The van der Waals surface area contributed by atoms with Crippen LogP contribution in [0, 0.1) is 10.1 Å². The number of nitro benzene ring substituents is 1. The maximum absolute atomic E-state index is 11.3. The number of morpholine rings is 1. The molecule has 8 heteroatoms. The van der Waals surface area contributed by atoms with Gasteiger partial charge in [-0.15, -0.1) is 0 Å². The summed E-state index contributed by atoms with van der Waals surface area (Å²) < 4.78 is 15.7. The lowest BCUT2D eigenvalue weighted by Gasteiger charge is -2.31. The molecule has 0 N–H and O–H groups in total. The fourth-order valence-electron chi connectivity index (χ4n) is 2.18. The topological polar surface area (TPSA) is 91.1 Å². The maximum atomic E-state index is 11.3. The van der Waals surface area contributed by atoms with Crippen LogP contribution in [0.15, 0.2) is 24.3 Å². The number of carbonyl (C=O) groups excluding carboxylic acids is 1. The van der Waals surface area contributed by atoms with Crippen LogP contribution in [0.2, 0.25) is 0 Å². The minimum Gasteiger partial charge on any atom is -0.484 e. The summed E-state index contributed by atoms with van der Waals surface area (Å²) in [6, 6.07) is 6.20. The minimum absolute atomic E-state index is 0.0790. The van der Waals surface area contributed by atoms with E-state index in [1.54, 1.807) is 18.2 Å². The van der Waals surface area contributed by atoms with Gasteiger partial charge in [0.2, 0.25) is 0 Å². The van der Waals surface area contributed by atoms with Gasteiger partial charge in [0.1, 0.15) is 12.7 Å². The van der Waals surface area contributed by atoms with Crippen LogP contribution >= 0.6 is 0 Å². The van der Waals surface area contributed by atoms with Crippen LogP contribution in [0.5, 0.6) is 5.75 Å². The number of ether oxygens (including phenoxy) is 3. The van der Waals surface area contributed by atoms with Gasteiger partial charge < -0.3 is 14.2 Å². The van der Waals surface area contributed by atoms with Crippen molar-refractivity contribution in [1.29, 1.82) is 0 Å². The molecule has 1 saturated heterocycles. The predicted octanol–water partition coefficient (Wildman–Crippen LogP) is 0.847. The molecule has 8 nitrogen and oxygen atoms in total. The average molecular weight is 310 g/mol. The van der Waals surface area contributed by atoms with Crippen molar-refractivity contribution in [2.45, 2.75) is 6.10 Å². The van der Waals surface area contributed by atoms with E-state index in [9.17, 15) is 14.9 Å². The standard InChI is InChI=1S/C14H18N2O6/c1-20-14(17)9-15-6-7-21-11(8-15)10-22-13-5-3-2-4-12(13)16(18)19/h2-5,11H,6-10H2,1H3/t11-/m1/s1. The van der Waals surface area contributed by atoms with E-state index in [4.69, 9.17) is 9.47 Å². The molecular weight excluding hydrogens is 292 g/mol. The zero-order valence-electron chi connectivity index (χ0n) is 12.3. The molecule has 1 aliphatic heterocycles. The zero-order chi connectivity index (χ0) is 15.9. The lowest BCUT2D eigenvalue weighted by atomic mass is 10.2. The zero-order valence-corrected chi connectivity index (χ0v) is 12.3. The summed E-state index contributed by atoms with van der Waals surface area (Å²) in [7, 11) is 1.35. The van der Waals surface area contributed by atoms with E-state index >= 15 is 0 Å². The Kier molecular flexibility index (Phi) is 5.68. The molecule has 1 aromatic carbocycles. The van der Waals surface area contributed by atoms with Crippen molar-refractivity contribution in [2.24, 2.45) is 0 Å². The number of nitro groups is 1. The van der Waals surface area contributed by atoms with Crippen LogP contribution in [0.3, 0.4) is 0 Å². The molecule has 1 fully saturated rings. The molecule has 0 unspecified atom stereocenters. The maximum Gasteiger partial charge on any atom is 0.319 e. The monoisotopic (exact) mass is 310 g/mol. The molecule has 0 saturated carbocycles. The molecule has 1 heterocycles. The van der Waals surface area contributed by atoms with Gasteiger partial charge in [-0.2, -0.15) is 0 Å². The van der Waals surface area contributed by atoms with Gasteiger partial charge in [-0.1, -0.05) is 12.1 Å². The van der Waals surface area contributed by atoms with E-state index in [1.165, 1.54) is 13.2 Å². The summed E-state index contributed by atoms with van der Waals surface area (Å²) in [6.45, 7) is 2.00. The number of esters is 1. The van der Waals surface area contributed by atoms with Gasteiger partial charge in [0.25, 0.3) is 0 Å². The second kappa shape index (κ2) is 7.71. The Hall–Kier alpha value is -2.19. The van der Waals surface area contributed by atoms with Gasteiger partial charge in [0, 0.05) is 19.2 Å². The number of carbonyl (C=O) groups is 1. The van der Waals surface area contributed by atoms with Crippen LogP contribution in [0.25, 0.3) is 0 Å². The van der Waals surface area contributed by atoms with Crippen LogP contribution < -0.4 is 4.74 Å². The molecule has 0 aliphatic carbocycles. The molecule has 22 heavy (non-hydrogen) atoms. The van der Waals surface area contributed by atoms with Gasteiger partial charge >= 0.3 is 11.7 Å². The Labute approximate surface area is 127 Å². The van der Waals surface area contributed by atoms with Crippen molar-refractivity contribution in [3.63, 3.8) is 0 Å². The number of rotatable bonds is 6. The second-order valence-electron chi connectivity index (χ2n) is 4.84. The van der Waals surface area contributed by atoms with E-state index in [1.807, 2.05) is 4.90 Å². The number of hydrogen-bond donors (Lipinski definition) is 0. The smallest absolute Gasteiger partial charge is 0.319 e. The van der Waals surface area contributed by atoms with Crippen LogP contribution in [-0.2, 0) is 14.3 Å². The molecule has 0 bridgehead atoms. The highest BCUT2D eigenvalue weighted by molar-refractivity contribution is 5.71. The Bertz CT molecular complexity index is 536. The summed E-state index contributed by atoms with van der Waals surface area (Å²) in [4.78, 5) is 23.6. The van der Waals surface area contributed by atoms with Crippen LogP contribution in [-0.4, -0.2) is 61.9 Å². The lowest BCUT2D eigenvalue weighted by molar-refractivity contribution is -0.385. The normalized spacial score (nSPS) is 18.7. The molecular formula is C14H18N2O6. The van der Waals surface area contributed by atoms with Crippen molar-refractivity contribution in [1.82, 2.24) is 4.90 Å². The van der Waals surface area contributed by atoms with Crippen molar-refractivity contribution < 1.29 is 23.9 Å². The van der Waals surface area contributed by atoms with Crippen molar-refractivity contribution in [3.8, 4) is 5.75 Å². The second-order valence-corrected chi connectivity index (χ2v) is 4.84. The minimum atomic E-state index is -0.485. The van der Waals surface area contributed by atoms with E-state index in [0.29, 0.717) is 19.7 Å². The van der Waals surface area contributed by atoms with Crippen molar-refractivity contribution in [3.05, 3.63) is 34.4 Å². The Morgan fingerprint density at radius 3 is 3.00 bits per heavy atom. The Morgan fingerprint density at radius 2 is 2.27 bits per heavy atom. The molecule has 0 amide bonds. The molecule has 0 aromatic heterocycles. The third-order valence-corrected chi connectivity index (χ3v) is 3.29. The highest BCUT2D eigenvalue weighted by Crippen LogP contribution is 2.26. The SMILES string of the molecule is COC(=O)CN1CCO[C@@H](COc2ccccc2[N+](=O)[O-])C1. The molecule has 0 spiro atoms. The fraction of sp³-hybridized carbons (Fsp3) is 0.500. The van der Waals surface area contributed by atoms with E-state index in [0.717, 1.165) is 0 Å². The van der Waals surface area contributed by atoms with Gasteiger partial charge in [0.15, 0.2) is 5.75 Å². The third kappa shape index (κ3) is 4.40. The number of nitrogens with zero attached hydrogens (tertiary/aromatic N) is 2. The third-order valence-electron chi connectivity index (χ3n) is 3.29. The van der Waals surface area contributed by atoms with Gasteiger partial charge in [-0.3, -0.25) is 19.8 Å². The average Bonchev–Trinajstić information content (AvgIpc) is 2.53. The predicted molar refractivity (Wildman–Crippen MR) is 76.8 cm³/mol. The molecule has 1 aliphatic rings. The van der Waals surface area contributed by atoms with E-state index in [-0.39, 0.29) is 36.7 Å². The number of para-hydroxylation sites is 2. The Balaban J connectivity index is 1.89. The van der Waals surface area contributed by atoms with Gasteiger partial charge in [0.05, 0.1) is 25.2 Å². The van der Waals surface area contributed by atoms with E-state index < -0.39 is 4.92 Å². The molecule has 0 radical (unpaired) electrons. The highest BCUT2D eigenvalue weighted by Gasteiger charge is 2.24. The summed E-state index contributed by atoms with van der Waals surface area (Å²) in [5, 5.41) is 10.9. The van der Waals surface area contributed by atoms with Gasteiger partial charge in [-0.25, -0.2) is 0 Å². The first kappa shape index (κ1) is 16.2. The highest BCUT2D eigenvalue weighted by atomic mass is 16.6. The first-order valence-corrected chi connectivity index (χ1v) is 6.87. The van der Waals surface area contributed by atoms with Gasteiger partial charge in [-0.05, 0) is 6.07 Å². The molecule has 1 aromatic rings. The largest absolute Gasteiger partial charge is 0.484 e. The van der Waals surface area contributed by atoms with Crippen LogP contribution in [0.4, 0.5) is 5.69 Å². The van der Waals surface area contributed by atoms with Crippen LogP contribution in [0.1, 0.15) is 0 Å². The summed E-state index contributed by atoms with van der Waals surface area (Å²) >= 11 is 0. The summed E-state index contributed by atoms with van der Waals surface area (Å²) in [5.74, 6) is -0.0959. The van der Waals surface area contributed by atoms with Crippen molar-refractivity contribution in [2.75, 3.05) is 40.0 Å². The Morgan fingerprint density at radius 1 is 1.50 bits per heavy atom. The summed E-state index contributed by atoms with van der Waals surface area (Å²) in [6.07, 6.45) is -0.252. The lowest BCUT2D eigenvalue weighted by Crippen LogP contribution is -2.46. The summed E-state index contributed by atoms with van der Waals surface area (Å²) in [5.41, 5.74) is -0.0790. The first-order valence-electron chi connectivity index (χ1n) is 6.87. The molecule has 1 atom stereocenters. The van der Waals surface area contributed by atoms with E-state index in [2.05, 4.69) is 4.74 Å².